The lowest BCUT2D eigenvalue weighted by Crippen LogP contribution is -2.58. The Morgan fingerprint density at radius 2 is 1.48 bits per heavy atom. The van der Waals surface area contributed by atoms with Crippen molar-refractivity contribution < 1.29 is 28.5 Å². The van der Waals surface area contributed by atoms with Gasteiger partial charge in [-0.2, -0.15) is 0 Å². The molecule has 1 N–H and O–H groups in total. The van der Waals surface area contributed by atoms with Crippen LogP contribution in [0.15, 0.2) is 18.2 Å². The van der Waals surface area contributed by atoms with Crippen LogP contribution < -0.4 is 5.32 Å². The molecule has 180 valence electrons. The topological polar surface area (TPSA) is 75.3 Å². The van der Waals surface area contributed by atoms with Crippen LogP contribution in [0.4, 0.5) is 5.69 Å². The van der Waals surface area contributed by atoms with Crippen molar-refractivity contribution in [1.29, 1.82) is 0 Å². The molecule has 5 fully saturated rings. The minimum absolute atomic E-state index is 0.284. The summed E-state index contributed by atoms with van der Waals surface area (Å²) in [6.07, 6.45) is 7.05. The zero-order valence-electron chi connectivity index (χ0n) is 19.0. The Balaban J connectivity index is 1.27. The number of hydrogen-bond acceptors (Lipinski definition) is 6. The van der Waals surface area contributed by atoms with Gasteiger partial charge < -0.3 is 29.0 Å². The maximum Gasteiger partial charge on any atom is 0.256 e. The van der Waals surface area contributed by atoms with E-state index in [0.717, 1.165) is 56.9 Å². The number of carbonyl (C=O) groups is 1. The zero-order chi connectivity index (χ0) is 22.6. The predicted molar refractivity (Wildman–Crippen MR) is 121 cm³/mol. The van der Waals surface area contributed by atoms with E-state index in [1.54, 1.807) is 6.07 Å². The molecule has 1 aromatic rings. The van der Waals surface area contributed by atoms with Crippen LogP contribution in [0.2, 0.25) is 5.02 Å². The van der Waals surface area contributed by atoms with E-state index in [1.165, 1.54) is 12.8 Å². The molecule has 0 aromatic heterocycles. The maximum absolute atomic E-state index is 13.4. The summed E-state index contributed by atoms with van der Waals surface area (Å²) in [6.45, 7) is 1.93. The standard InChI is InChI=1S/C25H32ClNO6/c1-15-8-9-16(14-17(15)26)27-22(28)20-18-19(31-24(30-18)10-4-2-5-11-24)21-23(29-20)33-25(32-21)12-6-3-7-13-25/h8-9,14,18-21,23H,2-7,10-13H2,1H3,(H,27,28)/t18-,19-,20-,21-,23-/m1/s1. The van der Waals surface area contributed by atoms with E-state index in [4.69, 9.17) is 35.3 Å². The number of rotatable bonds is 2. The van der Waals surface area contributed by atoms with Gasteiger partial charge in [-0.1, -0.05) is 30.5 Å². The minimum Gasteiger partial charge on any atom is -0.341 e. The molecule has 3 aliphatic heterocycles. The summed E-state index contributed by atoms with van der Waals surface area (Å²) < 4.78 is 32.3. The highest BCUT2D eigenvalue weighted by Crippen LogP contribution is 2.51. The SMILES string of the molecule is Cc1ccc(NC(=O)[C@@H]2O[C@@H]3OC4(CCCCC4)O[C@@H]3[C@@H]3OC4(CCCCC4)O[C@H]32)cc1Cl. The van der Waals surface area contributed by atoms with Crippen molar-refractivity contribution in [3.8, 4) is 0 Å². The van der Waals surface area contributed by atoms with Crippen molar-refractivity contribution in [2.45, 2.75) is 113 Å². The summed E-state index contributed by atoms with van der Waals surface area (Å²) >= 11 is 6.26. The second kappa shape index (κ2) is 8.47. The fourth-order valence-corrected chi connectivity index (χ4v) is 6.23. The number of anilines is 1. The zero-order valence-corrected chi connectivity index (χ0v) is 19.8. The lowest BCUT2D eigenvalue weighted by atomic mass is 9.94. The summed E-state index contributed by atoms with van der Waals surface area (Å²) in [6, 6.07) is 5.47. The molecule has 2 aliphatic carbocycles. The summed E-state index contributed by atoms with van der Waals surface area (Å²) in [5, 5.41) is 3.55. The van der Waals surface area contributed by atoms with Gasteiger partial charge in [-0.3, -0.25) is 4.79 Å². The maximum atomic E-state index is 13.4. The Morgan fingerprint density at radius 1 is 0.879 bits per heavy atom. The van der Waals surface area contributed by atoms with E-state index in [9.17, 15) is 4.79 Å². The van der Waals surface area contributed by atoms with Gasteiger partial charge in [0.1, 0.15) is 18.3 Å². The van der Waals surface area contributed by atoms with Crippen LogP contribution in [-0.4, -0.2) is 48.2 Å². The second-order valence-corrected chi connectivity index (χ2v) is 10.6. The van der Waals surface area contributed by atoms with Crippen molar-refractivity contribution in [2.24, 2.45) is 0 Å². The first-order valence-electron chi connectivity index (χ1n) is 12.4. The van der Waals surface area contributed by atoms with Gasteiger partial charge >= 0.3 is 0 Å². The third-order valence-electron chi connectivity index (χ3n) is 7.81. The number of carbonyl (C=O) groups excluding carboxylic acids is 1. The summed E-state index contributed by atoms with van der Waals surface area (Å²) in [5.41, 5.74) is 1.57. The van der Waals surface area contributed by atoms with Gasteiger partial charge in [0.2, 0.25) is 0 Å². The third kappa shape index (κ3) is 4.01. The number of amides is 1. The first-order chi connectivity index (χ1) is 16.0. The first kappa shape index (κ1) is 22.3. The van der Waals surface area contributed by atoms with E-state index in [0.29, 0.717) is 10.7 Å². The molecule has 33 heavy (non-hydrogen) atoms. The highest BCUT2D eigenvalue weighted by Gasteiger charge is 2.65. The number of benzene rings is 1. The van der Waals surface area contributed by atoms with Gasteiger partial charge in [-0.25, -0.2) is 0 Å². The average Bonchev–Trinajstić information content (AvgIpc) is 3.34. The molecule has 2 spiro atoms. The summed E-state index contributed by atoms with van der Waals surface area (Å²) in [4.78, 5) is 13.4. The van der Waals surface area contributed by atoms with Crippen LogP contribution in [-0.2, 0) is 28.5 Å². The second-order valence-electron chi connectivity index (χ2n) is 10.2. The Hall–Kier alpha value is -1.22. The van der Waals surface area contributed by atoms with E-state index >= 15 is 0 Å². The molecule has 6 rings (SSSR count). The minimum atomic E-state index is -0.861. The number of fused-ring (bicyclic) bond motifs is 3. The van der Waals surface area contributed by atoms with Crippen molar-refractivity contribution in [3.63, 3.8) is 0 Å². The molecule has 3 heterocycles. The van der Waals surface area contributed by atoms with E-state index in [2.05, 4.69) is 5.32 Å². The lowest BCUT2D eigenvalue weighted by molar-refractivity contribution is -0.246. The molecular weight excluding hydrogens is 446 g/mol. The van der Waals surface area contributed by atoms with Gasteiger partial charge in [-0.05, 0) is 50.3 Å². The molecule has 3 saturated heterocycles. The monoisotopic (exact) mass is 477 g/mol. The highest BCUT2D eigenvalue weighted by molar-refractivity contribution is 6.31. The fraction of sp³-hybridized carbons (Fsp3) is 0.720. The quantitative estimate of drug-likeness (QED) is 0.657. The van der Waals surface area contributed by atoms with Crippen LogP contribution in [0.25, 0.3) is 0 Å². The Bertz CT molecular complexity index is 912. The van der Waals surface area contributed by atoms with Gasteiger partial charge in [-0.15, -0.1) is 0 Å². The first-order valence-corrected chi connectivity index (χ1v) is 12.8. The molecule has 0 unspecified atom stereocenters. The number of halogens is 1. The normalized spacial score (nSPS) is 36.5. The number of hydrogen-bond donors (Lipinski definition) is 1. The summed E-state index contributed by atoms with van der Waals surface area (Å²) in [7, 11) is 0. The molecular formula is C25H32ClNO6. The van der Waals surface area contributed by atoms with Crippen LogP contribution >= 0.6 is 11.6 Å². The van der Waals surface area contributed by atoms with Gasteiger partial charge in [0.05, 0.1) is 0 Å². The Kier molecular flexibility index (Phi) is 5.71. The van der Waals surface area contributed by atoms with Gasteiger partial charge in [0.15, 0.2) is 24.0 Å². The average molecular weight is 478 g/mol. The van der Waals surface area contributed by atoms with E-state index in [-0.39, 0.29) is 5.91 Å². The largest absolute Gasteiger partial charge is 0.341 e. The third-order valence-corrected chi connectivity index (χ3v) is 8.21. The van der Waals surface area contributed by atoms with Gasteiger partial charge in [0.25, 0.3) is 5.91 Å². The molecule has 0 radical (unpaired) electrons. The number of nitrogens with one attached hydrogen (secondary N) is 1. The van der Waals surface area contributed by atoms with Crippen molar-refractivity contribution >= 4 is 23.2 Å². The molecule has 5 atom stereocenters. The molecule has 1 aromatic carbocycles. The number of ether oxygens (including phenoxy) is 5. The fourth-order valence-electron chi connectivity index (χ4n) is 6.05. The molecule has 5 aliphatic rings. The van der Waals surface area contributed by atoms with Gasteiger partial charge in [0, 0.05) is 36.4 Å². The Morgan fingerprint density at radius 3 is 2.15 bits per heavy atom. The Labute approximate surface area is 199 Å². The molecule has 0 bridgehead atoms. The molecule has 1 amide bonds. The number of aryl methyl sites for hydroxylation is 1. The van der Waals surface area contributed by atoms with Crippen molar-refractivity contribution in [1.82, 2.24) is 0 Å². The van der Waals surface area contributed by atoms with E-state index in [1.807, 2.05) is 19.1 Å². The molecule has 7 nitrogen and oxygen atoms in total. The van der Waals surface area contributed by atoms with Crippen LogP contribution in [0.5, 0.6) is 0 Å². The van der Waals surface area contributed by atoms with Crippen LogP contribution in [0.1, 0.15) is 69.8 Å². The van der Waals surface area contributed by atoms with Crippen LogP contribution in [0, 0.1) is 6.92 Å². The summed E-state index contributed by atoms with van der Waals surface area (Å²) in [5.74, 6) is -1.59. The van der Waals surface area contributed by atoms with Crippen molar-refractivity contribution in [3.05, 3.63) is 28.8 Å². The van der Waals surface area contributed by atoms with Crippen molar-refractivity contribution in [2.75, 3.05) is 5.32 Å². The predicted octanol–water partition coefficient (Wildman–Crippen LogP) is 4.83. The van der Waals surface area contributed by atoms with Crippen LogP contribution in [0.3, 0.4) is 0 Å². The van der Waals surface area contributed by atoms with E-state index < -0.39 is 42.3 Å². The molecule has 2 saturated carbocycles. The highest BCUT2D eigenvalue weighted by atomic mass is 35.5. The molecule has 8 heteroatoms. The smallest absolute Gasteiger partial charge is 0.256 e. The lowest BCUT2D eigenvalue weighted by Gasteiger charge is -2.36.